The van der Waals surface area contributed by atoms with E-state index >= 15 is 0 Å². The van der Waals surface area contributed by atoms with Crippen LogP contribution in [0.15, 0.2) is 0 Å². The van der Waals surface area contributed by atoms with Gasteiger partial charge < -0.3 is 8.54 Å². The van der Waals surface area contributed by atoms with Crippen molar-refractivity contribution in [2.75, 3.05) is 0 Å². The highest BCUT2D eigenvalue weighted by Gasteiger charge is 2.10. The molecular weight excluding hydrogens is 232 g/mol. The first-order valence-corrected chi connectivity index (χ1v) is 8.78. The maximum atomic E-state index is 5.86. The van der Waals surface area contributed by atoms with E-state index in [-0.39, 0.29) is 0 Å². The fourth-order valence-electron chi connectivity index (χ4n) is 1.93. The summed E-state index contributed by atoms with van der Waals surface area (Å²) >= 11 is 0. The highest BCUT2D eigenvalue weighted by atomic mass is 28.3. The minimum atomic E-state index is -0.651. The molecule has 0 aromatic rings. The van der Waals surface area contributed by atoms with Gasteiger partial charge in [-0.2, -0.15) is 0 Å². The first-order chi connectivity index (χ1) is 7.70. The third-order valence-corrected chi connectivity index (χ3v) is 4.34. The molecule has 0 amide bonds. The molecule has 0 fully saturated rings. The molecule has 0 N–H and O–H groups in total. The maximum Gasteiger partial charge on any atom is 0.293 e. The van der Waals surface area contributed by atoms with Crippen LogP contribution in [-0.4, -0.2) is 26.6 Å². The zero-order valence-corrected chi connectivity index (χ0v) is 15.0. The van der Waals surface area contributed by atoms with Gasteiger partial charge in [0.05, 0.1) is 0 Å². The largest absolute Gasteiger partial charge is 0.449 e. The molecule has 16 heavy (non-hydrogen) atoms. The van der Waals surface area contributed by atoms with Gasteiger partial charge in [0.2, 0.25) is 0 Å². The standard InChI is InChI=1S/C12H30O2Si2/c1-4-5-6-7-8-9-12(10-11(2)3)13-16-14-15/h11-12H,4-10,16H2,1-3,15H3. The summed E-state index contributed by atoms with van der Waals surface area (Å²) < 4.78 is 11.1. The lowest BCUT2D eigenvalue weighted by atomic mass is 10.0. The van der Waals surface area contributed by atoms with E-state index in [0.29, 0.717) is 6.10 Å². The Bertz CT molecular complexity index is 143. The molecule has 1 unspecified atom stereocenters. The lowest BCUT2D eigenvalue weighted by Crippen LogP contribution is -2.19. The second-order valence-corrected chi connectivity index (χ2v) is 7.91. The van der Waals surface area contributed by atoms with Gasteiger partial charge in [-0.3, -0.25) is 0 Å². The van der Waals surface area contributed by atoms with Gasteiger partial charge in [-0.1, -0.05) is 52.9 Å². The van der Waals surface area contributed by atoms with Crippen LogP contribution < -0.4 is 0 Å². The van der Waals surface area contributed by atoms with Crippen LogP contribution in [0.4, 0.5) is 0 Å². The van der Waals surface area contributed by atoms with Crippen LogP contribution >= 0.6 is 0 Å². The monoisotopic (exact) mass is 262 g/mol. The lowest BCUT2D eigenvalue weighted by molar-refractivity contribution is 0.150. The van der Waals surface area contributed by atoms with Crippen LogP contribution in [0.2, 0.25) is 0 Å². The second kappa shape index (κ2) is 11.8. The summed E-state index contributed by atoms with van der Waals surface area (Å²) in [5, 5.41) is 0. The van der Waals surface area contributed by atoms with Gasteiger partial charge in [0.25, 0.3) is 10.0 Å². The molecule has 0 aliphatic carbocycles. The molecule has 1 atom stereocenters. The summed E-state index contributed by atoms with van der Waals surface area (Å²) in [5.41, 5.74) is 0. The molecule has 0 rings (SSSR count). The van der Waals surface area contributed by atoms with Gasteiger partial charge in [0.15, 0.2) is 0 Å². The minimum absolute atomic E-state index is 0.474. The summed E-state index contributed by atoms with van der Waals surface area (Å²) in [4.78, 5) is 0. The van der Waals surface area contributed by atoms with E-state index < -0.39 is 10.0 Å². The average Bonchev–Trinajstić information content (AvgIpc) is 2.24. The van der Waals surface area contributed by atoms with E-state index in [4.69, 9.17) is 8.54 Å². The highest BCUT2D eigenvalue weighted by molar-refractivity contribution is 6.27. The van der Waals surface area contributed by atoms with E-state index in [0.717, 1.165) is 16.4 Å². The number of hydrogen-bond acceptors (Lipinski definition) is 2. The van der Waals surface area contributed by atoms with E-state index in [9.17, 15) is 0 Å². The van der Waals surface area contributed by atoms with Gasteiger partial charge in [-0.15, -0.1) is 0 Å². The molecule has 0 spiro atoms. The molecule has 0 aromatic carbocycles. The molecule has 0 aliphatic heterocycles. The topological polar surface area (TPSA) is 18.5 Å². The molecule has 98 valence electrons. The van der Waals surface area contributed by atoms with Crippen molar-refractivity contribution in [3.05, 3.63) is 0 Å². The summed E-state index contributed by atoms with van der Waals surface area (Å²) in [6.45, 7) is 6.81. The van der Waals surface area contributed by atoms with E-state index in [1.54, 1.807) is 0 Å². The number of rotatable bonds is 11. The molecule has 4 heteroatoms. The quantitative estimate of drug-likeness (QED) is 0.419. The normalized spacial score (nSPS) is 14.2. The second-order valence-electron chi connectivity index (χ2n) is 5.03. The van der Waals surface area contributed by atoms with Crippen LogP contribution in [0.1, 0.15) is 65.7 Å². The first-order valence-electron chi connectivity index (χ1n) is 6.81. The van der Waals surface area contributed by atoms with E-state index in [1.165, 1.54) is 44.9 Å². The van der Waals surface area contributed by atoms with Crippen LogP contribution in [0.25, 0.3) is 0 Å². The van der Waals surface area contributed by atoms with Crippen molar-refractivity contribution in [1.82, 2.24) is 0 Å². The molecule has 0 aromatic heterocycles. The molecular formula is C12H30O2Si2. The number of hydrogen-bond donors (Lipinski definition) is 0. The van der Waals surface area contributed by atoms with Crippen molar-refractivity contribution in [3.63, 3.8) is 0 Å². The smallest absolute Gasteiger partial charge is 0.293 e. The van der Waals surface area contributed by atoms with Crippen LogP contribution in [-0.2, 0) is 8.54 Å². The zero-order valence-electron chi connectivity index (χ0n) is 11.6. The summed E-state index contributed by atoms with van der Waals surface area (Å²) in [5.74, 6) is 0.740. The molecule has 0 saturated carbocycles. The maximum absolute atomic E-state index is 5.86. The van der Waals surface area contributed by atoms with Gasteiger partial charge in [0, 0.05) is 6.10 Å². The third kappa shape index (κ3) is 10.9. The Hall–Kier alpha value is 0.354. The minimum Gasteiger partial charge on any atom is -0.449 e. The molecule has 0 aliphatic rings. The predicted molar refractivity (Wildman–Crippen MR) is 77.3 cm³/mol. The zero-order chi connectivity index (χ0) is 12.2. The van der Waals surface area contributed by atoms with E-state index in [2.05, 4.69) is 20.8 Å². The Balaban J connectivity index is 3.56. The fourth-order valence-corrected chi connectivity index (χ4v) is 2.97. The first kappa shape index (κ1) is 16.4. The molecule has 0 saturated heterocycles. The van der Waals surface area contributed by atoms with Crippen LogP contribution in [0.5, 0.6) is 0 Å². The van der Waals surface area contributed by atoms with Gasteiger partial charge in [0.1, 0.15) is 10.5 Å². The van der Waals surface area contributed by atoms with Crippen molar-refractivity contribution in [1.29, 1.82) is 0 Å². The van der Waals surface area contributed by atoms with Crippen molar-refractivity contribution in [2.45, 2.75) is 71.8 Å². The average molecular weight is 263 g/mol. The summed E-state index contributed by atoms with van der Waals surface area (Å²) in [6, 6.07) is 0. The number of unbranched alkanes of at least 4 members (excludes halogenated alkanes) is 4. The van der Waals surface area contributed by atoms with Crippen molar-refractivity contribution >= 4 is 20.5 Å². The van der Waals surface area contributed by atoms with Crippen molar-refractivity contribution in [3.8, 4) is 0 Å². The van der Waals surface area contributed by atoms with Crippen molar-refractivity contribution < 1.29 is 8.54 Å². The Morgan fingerprint density at radius 2 is 1.81 bits per heavy atom. The third-order valence-electron chi connectivity index (χ3n) is 2.79. The predicted octanol–water partition coefficient (Wildman–Crippen LogP) is 2.07. The fraction of sp³-hybridized carbons (Fsp3) is 1.00. The summed E-state index contributed by atoms with van der Waals surface area (Å²) in [7, 11) is 0.186. The van der Waals surface area contributed by atoms with Crippen LogP contribution in [0, 0.1) is 5.92 Å². The van der Waals surface area contributed by atoms with E-state index in [1.807, 2.05) is 0 Å². The van der Waals surface area contributed by atoms with Crippen molar-refractivity contribution in [2.24, 2.45) is 5.92 Å². The molecule has 0 heterocycles. The van der Waals surface area contributed by atoms with Gasteiger partial charge in [-0.25, -0.2) is 0 Å². The SMILES string of the molecule is CCCCCCCC(CC(C)C)O[SiH2]O[SiH3]. The summed E-state index contributed by atoms with van der Waals surface area (Å²) in [6.07, 6.45) is 9.70. The van der Waals surface area contributed by atoms with Crippen LogP contribution in [0.3, 0.4) is 0 Å². The molecule has 0 bridgehead atoms. The Morgan fingerprint density at radius 1 is 1.12 bits per heavy atom. The Labute approximate surface area is 107 Å². The van der Waals surface area contributed by atoms with Gasteiger partial charge in [-0.05, 0) is 18.8 Å². The van der Waals surface area contributed by atoms with Gasteiger partial charge >= 0.3 is 0 Å². The highest BCUT2D eigenvalue weighted by Crippen LogP contribution is 2.15. The molecule has 2 nitrogen and oxygen atoms in total. The molecule has 0 radical (unpaired) electrons. The Morgan fingerprint density at radius 3 is 2.38 bits per heavy atom. The lowest BCUT2D eigenvalue weighted by Gasteiger charge is -2.19. The Kier molecular flexibility index (Phi) is 12.1.